The molecule has 1 N–H and O–H groups in total. The second kappa shape index (κ2) is 8.15. The van der Waals surface area contributed by atoms with Crippen LogP contribution in [0, 0.1) is 0 Å². The van der Waals surface area contributed by atoms with Crippen molar-refractivity contribution in [3.63, 3.8) is 0 Å². The molecule has 1 atom stereocenters. The maximum Gasteiger partial charge on any atom is 0.410 e. The molecule has 7 heteroatoms. The summed E-state index contributed by atoms with van der Waals surface area (Å²) in [7, 11) is 0. The molecular formula is C20H31N3O4. The molecule has 2 heterocycles. The van der Waals surface area contributed by atoms with Gasteiger partial charge in [-0.2, -0.15) is 0 Å². The molecule has 1 amide bonds. The Balaban J connectivity index is 2.27. The number of carboxylic acid groups (broad SMARTS) is 1. The van der Waals surface area contributed by atoms with E-state index >= 15 is 0 Å². The lowest BCUT2D eigenvalue weighted by Crippen LogP contribution is -2.44. The second-order valence-corrected chi connectivity index (χ2v) is 8.24. The highest BCUT2D eigenvalue weighted by atomic mass is 16.6. The molecule has 1 aromatic rings. The molecule has 0 saturated carbocycles. The van der Waals surface area contributed by atoms with E-state index in [0.29, 0.717) is 19.6 Å². The highest BCUT2D eigenvalue weighted by molar-refractivity contribution is 5.95. The Morgan fingerprint density at radius 1 is 1.37 bits per heavy atom. The lowest BCUT2D eigenvalue weighted by molar-refractivity contribution is 0.0190. The van der Waals surface area contributed by atoms with Gasteiger partial charge in [-0.3, -0.25) is 4.98 Å². The number of ether oxygens (including phenoxy) is 1. The fraction of sp³-hybridized carbons (Fsp3) is 0.650. The van der Waals surface area contributed by atoms with E-state index in [4.69, 9.17) is 4.74 Å². The minimum atomic E-state index is -0.983. The number of nitrogens with zero attached hydrogens (tertiary/aromatic N) is 3. The van der Waals surface area contributed by atoms with Crippen molar-refractivity contribution in [3.8, 4) is 0 Å². The zero-order valence-corrected chi connectivity index (χ0v) is 17.2. The van der Waals surface area contributed by atoms with Crippen LogP contribution in [0.15, 0.2) is 12.4 Å². The number of carbonyl (C=O) groups excluding carboxylic acids is 1. The van der Waals surface area contributed by atoms with Crippen LogP contribution in [-0.4, -0.2) is 58.3 Å². The lowest BCUT2D eigenvalue weighted by Gasteiger charge is -2.31. The van der Waals surface area contributed by atoms with Crippen LogP contribution < -0.4 is 4.90 Å². The summed E-state index contributed by atoms with van der Waals surface area (Å²) in [6.07, 6.45) is 3.59. The van der Waals surface area contributed by atoms with Gasteiger partial charge in [-0.15, -0.1) is 0 Å². The normalized spacial score (nSPS) is 17.3. The fourth-order valence-corrected chi connectivity index (χ4v) is 3.46. The van der Waals surface area contributed by atoms with Crippen molar-refractivity contribution in [1.29, 1.82) is 0 Å². The molecule has 7 nitrogen and oxygen atoms in total. The highest BCUT2D eigenvalue weighted by Crippen LogP contribution is 2.34. The standard InChI is InChI=1S/C20H31N3O4/c1-7-23(19(26)27-20(4,5)6)14-8-9-22(12-14)17-15(13(2)3)10-21-11-16(17)18(24)25/h10-11,13-14H,7-9,12H2,1-6H3,(H,24,25)/t14-/m1/s1. The number of hydrogen-bond donors (Lipinski definition) is 1. The van der Waals surface area contributed by atoms with Crippen LogP contribution in [-0.2, 0) is 4.74 Å². The van der Waals surface area contributed by atoms with Crippen molar-refractivity contribution in [2.24, 2.45) is 0 Å². The third-order valence-electron chi connectivity index (χ3n) is 4.69. The molecule has 2 rings (SSSR count). The largest absolute Gasteiger partial charge is 0.478 e. The molecule has 1 aliphatic heterocycles. The molecule has 0 radical (unpaired) electrons. The van der Waals surface area contributed by atoms with E-state index in [0.717, 1.165) is 17.7 Å². The van der Waals surface area contributed by atoms with E-state index in [1.807, 2.05) is 41.5 Å². The molecule has 0 aromatic carbocycles. The Morgan fingerprint density at radius 3 is 2.56 bits per heavy atom. The number of anilines is 1. The summed E-state index contributed by atoms with van der Waals surface area (Å²) in [6, 6.07) is -0.0142. The number of aromatic carboxylic acids is 1. The topological polar surface area (TPSA) is 83.0 Å². The van der Waals surface area contributed by atoms with Crippen LogP contribution in [0.3, 0.4) is 0 Å². The molecule has 0 spiro atoms. The summed E-state index contributed by atoms with van der Waals surface area (Å²) >= 11 is 0. The summed E-state index contributed by atoms with van der Waals surface area (Å²) in [5.74, 6) is -0.832. The van der Waals surface area contributed by atoms with Gasteiger partial charge in [0.25, 0.3) is 0 Å². The highest BCUT2D eigenvalue weighted by Gasteiger charge is 2.34. The number of hydrogen-bond acceptors (Lipinski definition) is 5. The van der Waals surface area contributed by atoms with E-state index in [1.54, 1.807) is 11.1 Å². The fourth-order valence-electron chi connectivity index (χ4n) is 3.46. The number of pyridine rings is 1. The van der Waals surface area contributed by atoms with Crippen LogP contribution in [0.25, 0.3) is 0 Å². The first-order valence-corrected chi connectivity index (χ1v) is 9.50. The molecular weight excluding hydrogens is 346 g/mol. The number of rotatable bonds is 5. The maximum absolute atomic E-state index is 12.6. The van der Waals surface area contributed by atoms with E-state index in [1.165, 1.54) is 6.20 Å². The van der Waals surface area contributed by atoms with Gasteiger partial charge in [0.15, 0.2) is 0 Å². The van der Waals surface area contributed by atoms with Gasteiger partial charge >= 0.3 is 12.1 Å². The van der Waals surface area contributed by atoms with Gasteiger partial charge < -0.3 is 19.6 Å². The summed E-state index contributed by atoms with van der Waals surface area (Å²) in [5, 5.41) is 9.62. The Kier molecular flexibility index (Phi) is 6.34. The van der Waals surface area contributed by atoms with E-state index in [-0.39, 0.29) is 23.6 Å². The SMILES string of the molecule is CCN(C(=O)OC(C)(C)C)[C@@H]1CCN(c2c(C(=O)O)cncc2C(C)C)C1. The Hall–Kier alpha value is -2.31. The Bertz CT molecular complexity index is 697. The first-order valence-electron chi connectivity index (χ1n) is 9.50. The average Bonchev–Trinajstić information content (AvgIpc) is 3.02. The van der Waals surface area contributed by atoms with Crippen molar-refractivity contribution in [1.82, 2.24) is 9.88 Å². The average molecular weight is 377 g/mol. The van der Waals surface area contributed by atoms with Gasteiger partial charge in [0.1, 0.15) is 11.2 Å². The summed E-state index contributed by atoms with van der Waals surface area (Å²) < 4.78 is 5.53. The molecule has 27 heavy (non-hydrogen) atoms. The van der Waals surface area contributed by atoms with Gasteiger partial charge in [0.05, 0.1) is 11.7 Å². The predicted molar refractivity (Wildman–Crippen MR) is 105 cm³/mol. The molecule has 0 unspecified atom stereocenters. The second-order valence-electron chi connectivity index (χ2n) is 8.24. The number of carboxylic acids is 1. The first kappa shape index (κ1) is 21.0. The minimum Gasteiger partial charge on any atom is -0.478 e. The number of aromatic nitrogens is 1. The molecule has 0 bridgehead atoms. The summed E-state index contributed by atoms with van der Waals surface area (Å²) in [4.78, 5) is 32.2. The monoisotopic (exact) mass is 377 g/mol. The zero-order chi connectivity index (χ0) is 20.4. The molecule has 1 fully saturated rings. The van der Waals surface area contributed by atoms with Crippen LogP contribution in [0.1, 0.15) is 69.8 Å². The lowest BCUT2D eigenvalue weighted by atomic mass is 10.00. The van der Waals surface area contributed by atoms with Crippen molar-refractivity contribution < 1.29 is 19.4 Å². The van der Waals surface area contributed by atoms with Crippen molar-refractivity contribution >= 4 is 17.7 Å². The zero-order valence-electron chi connectivity index (χ0n) is 17.2. The van der Waals surface area contributed by atoms with Crippen molar-refractivity contribution in [3.05, 3.63) is 23.5 Å². The van der Waals surface area contributed by atoms with Crippen LogP contribution in [0.2, 0.25) is 0 Å². The van der Waals surface area contributed by atoms with Gasteiger partial charge in [0.2, 0.25) is 0 Å². The van der Waals surface area contributed by atoms with Crippen molar-refractivity contribution in [2.45, 2.75) is 65.5 Å². The van der Waals surface area contributed by atoms with Gasteiger partial charge in [-0.05, 0) is 45.6 Å². The summed E-state index contributed by atoms with van der Waals surface area (Å²) in [6.45, 7) is 13.4. The smallest absolute Gasteiger partial charge is 0.410 e. The van der Waals surface area contributed by atoms with Crippen LogP contribution in [0.5, 0.6) is 0 Å². The van der Waals surface area contributed by atoms with Crippen LogP contribution >= 0.6 is 0 Å². The van der Waals surface area contributed by atoms with Gasteiger partial charge in [-0.25, -0.2) is 9.59 Å². The maximum atomic E-state index is 12.6. The number of amides is 1. The van der Waals surface area contributed by atoms with E-state index in [2.05, 4.69) is 9.88 Å². The van der Waals surface area contributed by atoms with Crippen LogP contribution in [0.4, 0.5) is 10.5 Å². The Labute approximate surface area is 161 Å². The Morgan fingerprint density at radius 2 is 2.04 bits per heavy atom. The molecule has 1 aromatic heterocycles. The number of likely N-dealkylation sites (N-methyl/N-ethyl adjacent to an activating group) is 1. The first-order chi connectivity index (χ1) is 12.5. The number of carbonyl (C=O) groups is 2. The van der Waals surface area contributed by atoms with Crippen molar-refractivity contribution in [2.75, 3.05) is 24.5 Å². The quantitative estimate of drug-likeness (QED) is 0.842. The predicted octanol–water partition coefficient (Wildman–Crippen LogP) is 3.74. The molecule has 0 aliphatic carbocycles. The molecule has 1 aliphatic rings. The minimum absolute atomic E-state index is 0.0142. The van der Waals surface area contributed by atoms with Gasteiger partial charge in [0, 0.05) is 32.0 Å². The van der Waals surface area contributed by atoms with E-state index < -0.39 is 11.6 Å². The molecule has 150 valence electrons. The third kappa shape index (κ3) is 4.90. The molecule has 1 saturated heterocycles. The summed E-state index contributed by atoms with van der Waals surface area (Å²) in [5.41, 5.74) is 1.29. The third-order valence-corrected chi connectivity index (χ3v) is 4.69. The van der Waals surface area contributed by atoms with Gasteiger partial charge in [-0.1, -0.05) is 13.8 Å². The van der Waals surface area contributed by atoms with E-state index in [9.17, 15) is 14.7 Å².